The summed E-state index contributed by atoms with van der Waals surface area (Å²) < 4.78 is 10.7. The molecule has 0 spiro atoms. The van der Waals surface area contributed by atoms with Crippen LogP contribution in [-0.2, 0) is 9.47 Å². The van der Waals surface area contributed by atoms with E-state index in [1.54, 1.807) is 7.11 Å². The topological polar surface area (TPSA) is 110 Å². The van der Waals surface area contributed by atoms with Crippen molar-refractivity contribution in [1.29, 1.82) is 5.26 Å². The molecule has 0 aliphatic carbocycles. The molecule has 1 aliphatic rings. The zero-order valence-electron chi connectivity index (χ0n) is 11.0. The number of rotatable bonds is 5. The number of hydrogen-bond donors (Lipinski definition) is 1. The van der Waals surface area contributed by atoms with Crippen LogP contribution in [0.4, 0.5) is 11.5 Å². The van der Waals surface area contributed by atoms with Crippen LogP contribution in [0, 0.1) is 21.4 Å². The van der Waals surface area contributed by atoms with Gasteiger partial charge in [-0.05, 0) is 0 Å². The van der Waals surface area contributed by atoms with Gasteiger partial charge in [-0.2, -0.15) is 5.26 Å². The van der Waals surface area contributed by atoms with E-state index in [0.717, 1.165) is 0 Å². The number of methoxy groups -OCH3 is 1. The molecule has 0 amide bonds. The van der Waals surface area contributed by atoms with E-state index in [9.17, 15) is 10.1 Å². The largest absolute Gasteiger partial charge is 0.378 e. The third kappa shape index (κ3) is 2.84. The maximum atomic E-state index is 11.0. The maximum absolute atomic E-state index is 11.0. The fourth-order valence-electron chi connectivity index (χ4n) is 2.00. The van der Waals surface area contributed by atoms with E-state index in [1.807, 2.05) is 6.07 Å². The van der Waals surface area contributed by atoms with Crippen LogP contribution in [0.15, 0.2) is 12.3 Å². The van der Waals surface area contributed by atoms with Gasteiger partial charge in [0.25, 0.3) is 0 Å². The standard InChI is InChI=1S/C12H14N4O4/c1-19-12(2-3-20-8-12)7-15-11-10(16(17)18)4-9(5-13)6-14-11/h4,6H,2-3,7-8H2,1H3,(H,14,15). The van der Waals surface area contributed by atoms with Gasteiger partial charge in [-0.3, -0.25) is 10.1 Å². The Balaban J connectivity index is 2.17. The molecule has 0 saturated carbocycles. The molecule has 8 nitrogen and oxygen atoms in total. The summed E-state index contributed by atoms with van der Waals surface area (Å²) >= 11 is 0. The molecule has 1 unspecified atom stereocenters. The zero-order valence-corrected chi connectivity index (χ0v) is 11.0. The Labute approximate surface area is 115 Å². The van der Waals surface area contributed by atoms with Crippen LogP contribution in [-0.4, -0.2) is 42.4 Å². The van der Waals surface area contributed by atoms with Crippen LogP contribution in [0.2, 0.25) is 0 Å². The highest BCUT2D eigenvalue weighted by molar-refractivity contribution is 5.58. The van der Waals surface area contributed by atoms with Gasteiger partial charge in [-0.25, -0.2) is 4.98 Å². The molecule has 1 aliphatic heterocycles. The van der Waals surface area contributed by atoms with Crippen LogP contribution >= 0.6 is 0 Å². The lowest BCUT2D eigenvalue weighted by molar-refractivity contribution is -0.384. The number of nitrogens with zero attached hydrogens (tertiary/aromatic N) is 3. The molecule has 1 fully saturated rings. The highest BCUT2D eigenvalue weighted by atomic mass is 16.6. The Morgan fingerprint density at radius 3 is 3.10 bits per heavy atom. The van der Waals surface area contributed by atoms with Crippen LogP contribution in [0.5, 0.6) is 0 Å². The normalized spacial score (nSPS) is 21.4. The molecule has 0 aromatic carbocycles. The molecule has 1 atom stereocenters. The number of anilines is 1. The van der Waals surface area contributed by atoms with Crippen molar-refractivity contribution >= 4 is 11.5 Å². The number of aromatic nitrogens is 1. The van der Waals surface area contributed by atoms with E-state index in [1.165, 1.54) is 12.3 Å². The van der Waals surface area contributed by atoms with Crippen molar-refractivity contribution in [2.24, 2.45) is 0 Å². The first-order valence-corrected chi connectivity index (χ1v) is 6.01. The second kappa shape index (κ2) is 5.81. The van der Waals surface area contributed by atoms with Crippen molar-refractivity contribution in [3.63, 3.8) is 0 Å². The van der Waals surface area contributed by atoms with Gasteiger partial charge in [0.1, 0.15) is 11.7 Å². The van der Waals surface area contributed by atoms with Crippen LogP contribution in [0.25, 0.3) is 0 Å². The average molecular weight is 278 g/mol. The molecule has 20 heavy (non-hydrogen) atoms. The fraction of sp³-hybridized carbons (Fsp3) is 0.500. The number of nitro groups is 1. The van der Waals surface area contributed by atoms with Gasteiger partial charge in [0.15, 0.2) is 0 Å². The molecular weight excluding hydrogens is 264 g/mol. The summed E-state index contributed by atoms with van der Waals surface area (Å²) in [5.41, 5.74) is -0.578. The van der Waals surface area contributed by atoms with E-state index >= 15 is 0 Å². The SMILES string of the molecule is COC1(CNc2ncc(C#N)cc2[N+](=O)[O-])CCOC1. The summed E-state index contributed by atoms with van der Waals surface area (Å²) in [7, 11) is 1.58. The lowest BCUT2D eigenvalue weighted by atomic mass is 10.0. The van der Waals surface area contributed by atoms with Gasteiger partial charge in [0, 0.05) is 38.9 Å². The minimum atomic E-state index is -0.569. The molecule has 1 aromatic rings. The second-order valence-electron chi connectivity index (χ2n) is 4.50. The first-order chi connectivity index (χ1) is 9.60. The number of nitrogens with one attached hydrogen (secondary N) is 1. The molecule has 0 radical (unpaired) electrons. The van der Waals surface area contributed by atoms with E-state index in [-0.39, 0.29) is 17.1 Å². The Morgan fingerprint density at radius 1 is 1.75 bits per heavy atom. The zero-order chi connectivity index (χ0) is 14.6. The monoisotopic (exact) mass is 278 g/mol. The summed E-state index contributed by atoms with van der Waals surface area (Å²) in [6, 6.07) is 3.02. The lowest BCUT2D eigenvalue weighted by Crippen LogP contribution is -2.39. The predicted molar refractivity (Wildman–Crippen MR) is 69.3 cm³/mol. The molecule has 106 valence electrons. The molecule has 2 heterocycles. The Hall–Kier alpha value is -2.24. The highest BCUT2D eigenvalue weighted by Gasteiger charge is 2.35. The van der Waals surface area contributed by atoms with E-state index in [4.69, 9.17) is 14.7 Å². The number of pyridine rings is 1. The van der Waals surface area contributed by atoms with Crippen molar-refractivity contribution in [2.45, 2.75) is 12.0 Å². The predicted octanol–water partition coefficient (Wildman–Crippen LogP) is 1.08. The average Bonchev–Trinajstić information content (AvgIpc) is 2.94. The Bertz CT molecular complexity index is 549. The molecule has 8 heteroatoms. The summed E-state index contributed by atoms with van der Waals surface area (Å²) in [4.78, 5) is 14.4. The third-order valence-electron chi connectivity index (χ3n) is 3.27. The van der Waals surface area contributed by atoms with E-state index in [0.29, 0.717) is 26.2 Å². The summed E-state index contributed by atoms with van der Waals surface area (Å²) in [6.45, 7) is 1.38. The van der Waals surface area contributed by atoms with Crippen LogP contribution in [0.1, 0.15) is 12.0 Å². The van der Waals surface area contributed by atoms with Crippen molar-refractivity contribution in [3.05, 3.63) is 27.9 Å². The fourth-order valence-corrected chi connectivity index (χ4v) is 2.00. The Morgan fingerprint density at radius 2 is 2.55 bits per heavy atom. The van der Waals surface area contributed by atoms with Gasteiger partial charge in [0.2, 0.25) is 5.82 Å². The van der Waals surface area contributed by atoms with E-state index in [2.05, 4.69) is 10.3 Å². The number of nitriles is 1. The van der Waals surface area contributed by atoms with Gasteiger partial charge in [-0.15, -0.1) is 0 Å². The molecule has 2 rings (SSSR count). The van der Waals surface area contributed by atoms with Gasteiger partial charge in [0.05, 0.1) is 17.1 Å². The van der Waals surface area contributed by atoms with E-state index < -0.39 is 10.5 Å². The first kappa shape index (κ1) is 14.2. The number of hydrogen-bond acceptors (Lipinski definition) is 7. The second-order valence-corrected chi connectivity index (χ2v) is 4.50. The highest BCUT2D eigenvalue weighted by Crippen LogP contribution is 2.26. The van der Waals surface area contributed by atoms with Crippen LogP contribution < -0.4 is 5.32 Å². The quantitative estimate of drug-likeness (QED) is 0.633. The minimum Gasteiger partial charge on any atom is -0.378 e. The van der Waals surface area contributed by atoms with Gasteiger partial charge >= 0.3 is 5.69 Å². The Kier molecular flexibility index (Phi) is 4.12. The van der Waals surface area contributed by atoms with Gasteiger partial charge < -0.3 is 14.8 Å². The number of ether oxygens (including phenoxy) is 2. The third-order valence-corrected chi connectivity index (χ3v) is 3.27. The summed E-state index contributed by atoms with van der Waals surface area (Å²) in [5.74, 6) is 0.123. The van der Waals surface area contributed by atoms with Crippen molar-refractivity contribution < 1.29 is 14.4 Å². The van der Waals surface area contributed by atoms with Crippen molar-refractivity contribution in [2.75, 3.05) is 32.2 Å². The minimum absolute atomic E-state index is 0.123. The lowest BCUT2D eigenvalue weighted by Gasteiger charge is -2.25. The molecule has 0 bridgehead atoms. The van der Waals surface area contributed by atoms with Crippen molar-refractivity contribution in [3.8, 4) is 6.07 Å². The van der Waals surface area contributed by atoms with Gasteiger partial charge in [-0.1, -0.05) is 0 Å². The maximum Gasteiger partial charge on any atom is 0.312 e. The molecule has 1 aromatic heterocycles. The van der Waals surface area contributed by atoms with Crippen molar-refractivity contribution in [1.82, 2.24) is 4.98 Å². The molecular formula is C12H14N4O4. The van der Waals surface area contributed by atoms with Crippen LogP contribution in [0.3, 0.4) is 0 Å². The summed E-state index contributed by atoms with van der Waals surface area (Å²) in [5, 5.41) is 22.7. The molecule has 1 saturated heterocycles. The summed E-state index contributed by atoms with van der Waals surface area (Å²) in [6.07, 6.45) is 2.00. The molecule has 1 N–H and O–H groups in total. The smallest absolute Gasteiger partial charge is 0.312 e. The first-order valence-electron chi connectivity index (χ1n) is 6.01.